The minimum atomic E-state index is -1.96. The van der Waals surface area contributed by atoms with Crippen LogP contribution in [0.1, 0.15) is 66.7 Å². The average Bonchev–Trinajstić information content (AvgIpc) is 2.48. The summed E-state index contributed by atoms with van der Waals surface area (Å²) in [4.78, 5) is 11.8. The number of halogens is 1. The van der Waals surface area contributed by atoms with Gasteiger partial charge in [-0.25, -0.2) is 0 Å². The van der Waals surface area contributed by atoms with Crippen molar-refractivity contribution < 1.29 is 14.0 Å². The third-order valence-corrected chi connectivity index (χ3v) is 9.41. The van der Waals surface area contributed by atoms with Crippen molar-refractivity contribution in [2.24, 2.45) is 0 Å². The van der Waals surface area contributed by atoms with E-state index in [4.69, 9.17) is 20.8 Å². The summed E-state index contributed by atoms with van der Waals surface area (Å²) in [6.45, 7) is 15.3. The van der Waals surface area contributed by atoms with Crippen LogP contribution in [-0.2, 0) is 14.0 Å². The van der Waals surface area contributed by atoms with Crippen LogP contribution < -0.4 is 0 Å². The number of carbonyl (C=O) groups excluding carboxylic acids is 1. The van der Waals surface area contributed by atoms with Crippen molar-refractivity contribution in [1.82, 2.24) is 0 Å². The molecule has 0 N–H and O–H groups in total. The van der Waals surface area contributed by atoms with Crippen LogP contribution in [0.15, 0.2) is 12.2 Å². The predicted octanol–water partition coefficient (Wildman–Crippen LogP) is 6.07. The molecule has 0 saturated heterocycles. The summed E-state index contributed by atoms with van der Waals surface area (Å²) in [5.41, 5.74) is 0. The SMILES string of the molecule is C/C=C/[C@H](O[Si](C)(C)C(C)(C)C)[C@H](CCCCCC)OC(=O)CCl. The normalized spacial score (nSPS) is 15.5. The first-order valence-corrected chi connectivity index (χ1v) is 12.6. The first kappa shape index (κ1) is 23.7. The summed E-state index contributed by atoms with van der Waals surface area (Å²) in [5, 5.41) is 0.107. The maximum atomic E-state index is 11.8. The lowest BCUT2D eigenvalue weighted by atomic mass is 10.0. The summed E-state index contributed by atoms with van der Waals surface area (Å²) < 4.78 is 12.2. The summed E-state index contributed by atoms with van der Waals surface area (Å²) in [7, 11) is -1.96. The predicted molar refractivity (Wildman–Crippen MR) is 106 cm³/mol. The number of hydrogen-bond acceptors (Lipinski definition) is 3. The van der Waals surface area contributed by atoms with E-state index in [0.29, 0.717) is 0 Å². The van der Waals surface area contributed by atoms with Crippen LogP contribution in [0.4, 0.5) is 0 Å². The van der Waals surface area contributed by atoms with Gasteiger partial charge in [0.2, 0.25) is 0 Å². The third-order valence-electron chi connectivity index (χ3n) is 4.72. The van der Waals surface area contributed by atoms with Gasteiger partial charge in [-0.1, -0.05) is 59.1 Å². The first-order valence-electron chi connectivity index (χ1n) is 9.15. The molecule has 0 saturated carbocycles. The van der Waals surface area contributed by atoms with Gasteiger partial charge in [-0.15, -0.1) is 11.6 Å². The fourth-order valence-electron chi connectivity index (χ4n) is 2.21. The molecule has 0 fully saturated rings. The molecule has 2 atom stereocenters. The number of allylic oxidation sites excluding steroid dienone is 1. The van der Waals surface area contributed by atoms with E-state index in [1.165, 1.54) is 12.8 Å². The average molecular weight is 377 g/mol. The molecule has 0 amide bonds. The quantitative estimate of drug-likeness (QED) is 0.144. The lowest BCUT2D eigenvalue weighted by molar-refractivity contribution is -0.150. The maximum absolute atomic E-state index is 11.8. The van der Waals surface area contributed by atoms with Crippen molar-refractivity contribution in [3.8, 4) is 0 Å². The highest BCUT2D eigenvalue weighted by Crippen LogP contribution is 2.38. The molecule has 0 aromatic carbocycles. The van der Waals surface area contributed by atoms with E-state index in [1.54, 1.807) is 0 Å². The van der Waals surface area contributed by atoms with Gasteiger partial charge in [0.25, 0.3) is 0 Å². The van der Waals surface area contributed by atoms with Gasteiger partial charge in [0.1, 0.15) is 18.1 Å². The van der Waals surface area contributed by atoms with Gasteiger partial charge >= 0.3 is 5.97 Å². The standard InChI is InChI=1S/C19H37ClO3Si/c1-8-10-11-12-14-16(22-18(21)15-20)17(13-9-2)23-24(6,7)19(3,4)5/h9,13,16-17H,8,10-12,14-15H2,1-7H3/b13-9+/t16-,17-/m0/s1. The molecule has 3 nitrogen and oxygen atoms in total. The van der Waals surface area contributed by atoms with E-state index in [1.807, 2.05) is 19.1 Å². The molecular weight excluding hydrogens is 340 g/mol. The molecule has 142 valence electrons. The van der Waals surface area contributed by atoms with Crippen molar-refractivity contribution in [2.75, 3.05) is 5.88 Å². The van der Waals surface area contributed by atoms with Crippen LogP contribution in [0.3, 0.4) is 0 Å². The molecule has 0 aromatic rings. The van der Waals surface area contributed by atoms with Crippen LogP contribution in [0.2, 0.25) is 18.1 Å². The number of esters is 1. The number of unbranched alkanes of at least 4 members (excludes halogenated alkanes) is 3. The molecule has 5 heteroatoms. The Hall–Kier alpha value is -0.323. The Balaban J connectivity index is 5.17. The molecule has 0 rings (SSSR count). The van der Waals surface area contributed by atoms with E-state index in [2.05, 4.69) is 40.8 Å². The van der Waals surface area contributed by atoms with E-state index in [0.717, 1.165) is 19.3 Å². The maximum Gasteiger partial charge on any atom is 0.321 e. The van der Waals surface area contributed by atoms with Crippen molar-refractivity contribution in [3.05, 3.63) is 12.2 Å². The first-order chi connectivity index (χ1) is 11.1. The number of alkyl halides is 1. The van der Waals surface area contributed by atoms with Crippen molar-refractivity contribution >= 4 is 25.9 Å². The second-order valence-corrected chi connectivity index (χ2v) is 12.9. The second kappa shape index (κ2) is 11.3. The molecule has 0 spiro atoms. The zero-order chi connectivity index (χ0) is 18.8. The molecular formula is C19H37ClO3Si. The molecule has 24 heavy (non-hydrogen) atoms. The zero-order valence-corrected chi connectivity index (χ0v) is 18.4. The van der Waals surface area contributed by atoms with Crippen molar-refractivity contribution in [3.63, 3.8) is 0 Å². The largest absolute Gasteiger partial charge is 0.458 e. The molecule has 0 bridgehead atoms. The summed E-state index contributed by atoms with van der Waals surface area (Å²) in [6.07, 6.45) is 8.91. The second-order valence-electron chi connectivity index (χ2n) is 7.88. The highest BCUT2D eigenvalue weighted by molar-refractivity contribution is 6.74. The molecule has 0 aliphatic carbocycles. The van der Waals surface area contributed by atoms with Crippen LogP contribution >= 0.6 is 11.6 Å². The van der Waals surface area contributed by atoms with Gasteiger partial charge in [-0.3, -0.25) is 4.79 Å². The van der Waals surface area contributed by atoms with Crippen molar-refractivity contribution in [1.29, 1.82) is 0 Å². The zero-order valence-electron chi connectivity index (χ0n) is 16.7. The summed E-state index contributed by atoms with van der Waals surface area (Å²) >= 11 is 5.64. The van der Waals surface area contributed by atoms with Gasteiger partial charge in [-0.2, -0.15) is 0 Å². The lowest BCUT2D eigenvalue weighted by Crippen LogP contribution is -2.47. The fourth-order valence-corrected chi connectivity index (χ4v) is 3.54. The number of hydrogen-bond donors (Lipinski definition) is 0. The number of rotatable bonds is 11. The van der Waals surface area contributed by atoms with Gasteiger partial charge in [0, 0.05) is 0 Å². The highest BCUT2D eigenvalue weighted by Gasteiger charge is 2.40. The van der Waals surface area contributed by atoms with E-state index >= 15 is 0 Å². The highest BCUT2D eigenvalue weighted by atomic mass is 35.5. The smallest absolute Gasteiger partial charge is 0.321 e. The van der Waals surface area contributed by atoms with Crippen LogP contribution in [0.25, 0.3) is 0 Å². The summed E-state index contributed by atoms with van der Waals surface area (Å²) in [5.74, 6) is -0.487. The van der Waals surface area contributed by atoms with E-state index < -0.39 is 8.32 Å². The topological polar surface area (TPSA) is 35.5 Å². The van der Waals surface area contributed by atoms with Crippen LogP contribution in [0, 0.1) is 0 Å². The Kier molecular flexibility index (Phi) is 11.2. The molecule has 0 aromatic heterocycles. The summed E-state index contributed by atoms with van der Waals surface area (Å²) in [6, 6.07) is 0. The van der Waals surface area contributed by atoms with E-state index in [-0.39, 0.29) is 29.1 Å². The lowest BCUT2D eigenvalue weighted by Gasteiger charge is -2.40. The Bertz CT molecular complexity index is 389. The molecule has 0 unspecified atom stereocenters. The monoisotopic (exact) mass is 376 g/mol. The van der Waals surface area contributed by atoms with E-state index in [9.17, 15) is 4.79 Å². The fraction of sp³-hybridized carbons (Fsp3) is 0.842. The minimum Gasteiger partial charge on any atom is -0.458 e. The number of carbonyl (C=O) groups is 1. The Morgan fingerprint density at radius 1 is 1.21 bits per heavy atom. The number of ether oxygens (including phenoxy) is 1. The molecule has 0 aliphatic rings. The molecule has 0 heterocycles. The van der Waals surface area contributed by atoms with Gasteiger partial charge < -0.3 is 9.16 Å². The Morgan fingerprint density at radius 3 is 2.29 bits per heavy atom. The van der Waals surface area contributed by atoms with Crippen LogP contribution in [-0.4, -0.2) is 32.4 Å². The Labute approximate surface area is 155 Å². The van der Waals surface area contributed by atoms with Gasteiger partial charge in [0.15, 0.2) is 8.32 Å². The molecule has 0 radical (unpaired) electrons. The van der Waals surface area contributed by atoms with Crippen LogP contribution in [0.5, 0.6) is 0 Å². The Morgan fingerprint density at radius 2 is 1.83 bits per heavy atom. The van der Waals surface area contributed by atoms with Gasteiger partial charge in [0.05, 0.1) is 0 Å². The van der Waals surface area contributed by atoms with Gasteiger partial charge in [-0.05, 0) is 37.9 Å². The third kappa shape index (κ3) is 8.68. The van der Waals surface area contributed by atoms with Crippen molar-refractivity contribution in [2.45, 2.75) is 97.1 Å². The molecule has 0 aliphatic heterocycles. The minimum absolute atomic E-state index is 0.107.